The Morgan fingerprint density at radius 1 is 1.05 bits per heavy atom. The topological polar surface area (TPSA) is 37.8 Å². The molecule has 0 amide bonds. The van der Waals surface area contributed by atoms with E-state index in [1.807, 2.05) is 0 Å². The summed E-state index contributed by atoms with van der Waals surface area (Å²) in [4.78, 5) is 7.66. The molecule has 19 heavy (non-hydrogen) atoms. The van der Waals surface area contributed by atoms with Crippen LogP contribution in [-0.2, 0) is 6.18 Å². The molecular formula is C11H6B2F3N3. The molecule has 2 aromatic heterocycles. The maximum atomic E-state index is 12.5. The van der Waals surface area contributed by atoms with E-state index in [4.69, 9.17) is 15.7 Å². The van der Waals surface area contributed by atoms with Crippen molar-refractivity contribution in [1.82, 2.24) is 9.97 Å². The van der Waals surface area contributed by atoms with Crippen molar-refractivity contribution in [2.24, 2.45) is 0 Å². The van der Waals surface area contributed by atoms with E-state index in [0.29, 0.717) is 5.46 Å². The Kier molecular flexibility index (Phi) is 3.50. The van der Waals surface area contributed by atoms with Gasteiger partial charge in [0.2, 0.25) is 0 Å². The smallest absolute Gasteiger partial charge is 0.325 e. The van der Waals surface area contributed by atoms with E-state index >= 15 is 0 Å². The van der Waals surface area contributed by atoms with Crippen LogP contribution in [0.4, 0.5) is 24.8 Å². The Morgan fingerprint density at radius 3 is 2.42 bits per heavy atom. The second-order valence-corrected chi connectivity index (χ2v) is 3.76. The number of aromatic nitrogens is 2. The zero-order valence-electron chi connectivity index (χ0n) is 9.57. The number of rotatable bonds is 2. The Hall–Kier alpha value is -1.98. The molecule has 0 unspecified atom stereocenters. The number of alkyl halides is 3. The summed E-state index contributed by atoms with van der Waals surface area (Å²) >= 11 is 0. The van der Waals surface area contributed by atoms with Crippen LogP contribution >= 0.6 is 0 Å². The van der Waals surface area contributed by atoms with E-state index in [0.717, 1.165) is 18.3 Å². The molecule has 0 saturated heterocycles. The minimum Gasteiger partial charge on any atom is -0.325 e. The first kappa shape index (κ1) is 13.5. The highest BCUT2D eigenvalue weighted by molar-refractivity contribution is 6.37. The van der Waals surface area contributed by atoms with Crippen LogP contribution in [0.5, 0.6) is 0 Å². The van der Waals surface area contributed by atoms with Gasteiger partial charge in [0.1, 0.15) is 27.3 Å². The first-order valence-electron chi connectivity index (χ1n) is 5.18. The molecule has 0 fully saturated rings. The van der Waals surface area contributed by atoms with Gasteiger partial charge < -0.3 is 5.32 Å². The molecule has 3 nitrogen and oxygen atoms in total. The number of nitrogens with one attached hydrogen (secondary N) is 1. The van der Waals surface area contributed by atoms with Crippen LogP contribution in [0.1, 0.15) is 5.56 Å². The maximum absolute atomic E-state index is 12.5. The first-order chi connectivity index (χ1) is 8.84. The molecule has 0 aliphatic rings. The fourth-order valence-electron chi connectivity index (χ4n) is 1.44. The predicted octanol–water partition coefficient (Wildman–Crippen LogP) is 0.827. The molecule has 2 rings (SSSR count). The van der Waals surface area contributed by atoms with Gasteiger partial charge in [0, 0.05) is 6.20 Å². The van der Waals surface area contributed by atoms with Crippen LogP contribution in [0.2, 0.25) is 0 Å². The van der Waals surface area contributed by atoms with E-state index in [1.165, 1.54) is 12.1 Å². The number of hydrogen-bond acceptors (Lipinski definition) is 3. The highest BCUT2D eigenvalue weighted by atomic mass is 19.4. The molecule has 0 spiro atoms. The Morgan fingerprint density at radius 2 is 1.79 bits per heavy atom. The van der Waals surface area contributed by atoms with Crippen molar-refractivity contribution >= 4 is 38.4 Å². The summed E-state index contributed by atoms with van der Waals surface area (Å²) in [6, 6.07) is 4.64. The largest absolute Gasteiger partial charge is 0.416 e. The molecule has 0 aliphatic heterocycles. The predicted molar refractivity (Wildman–Crippen MR) is 67.5 cm³/mol. The maximum Gasteiger partial charge on any atom is 0.416 e. The summed E-state index contributed by atoms with van der Waals surface area (Å²) in [5.74, 6) is 0.233. The summed E-state index contributed by atoms with van der Waals surface area (Å²) in [6.45, 7) is 0. The van der Waals surface area contributed by atoms with Crippen molar-refractivity contribution in [3.63, 3.8) is 0 Å². The molecule has 1 N–H and O–H groups in total. The van der Waals surface area contributed by atoms with Crippen LogP contribution in [0, 0.1) is 0 Å². The van der Waals surface area contributed by atoms with Crippen LogP contribution in [-0.4, -0.2) is 25.7 Å². The summed E-state index contributed by atoms with van der Waals surface area (Å²) < 4.78 is 37.6. The lowest BCUT2D eigenvalue weighted by atomic mass is 9.92. The van der Waals surface area contributed by atoms with Gasteiger partial charge in [-0.05, 0) is 23.8 Å². The minimum absolute atomic E-state index is 0.00678. The first-order valence-corrected chi connectivity index (χ1v) is 5.18. The van der Waals surface area contributed by atoms with Crippen LogP contribution in [0.25, 0.3) is 0 Å². The molecule has 0 atom stereocenters. The Balaban J connectivity index is 2.28. The third-order valence-electron chi connectivity index (χ3n) is 2.21. The highest BCUT2D eigenvalue weighted by Gasteiger charge is 2.30. The van der Waals surface area contributed by atoms with Crippen molar-refractivity contribution < 1.29 is 13.2 Å². The standard InChI is InChI=1S/C11H6B2F3N3/c12-7-4-8(13)18-10(5-7)19-9-3-6(1-2-17-9)11(14,15)16/h1-5H,(H,17,18,19). The van der Waals surface area contributed by atoms with Crippen LogP contribution < -0.4 is 16.4 Å². The average Bonchev–Trinajstić information content (AvgIpc) is 2.26. The van der Waals surface area contributed by atoms with Gasteiger partial charge in [-0.15, -0.1) is 0 Å². The van der Waals surface area contributed by atoms with E-state index < -0.39 is 11.7 Å². The lowest BCUT2D eigenvalue weighted by Gasteiger charge is -2.10. The van der Waals surface area contributed by atoms with Gasteiger partial charge in [-0.3, -0.25) is 0 Å². The number of hydrogen-bond donors (Lipinski definition) is 1. The third-order valence-corrected chi connectivity index (χ3v) is 2.21. The summed E-state index contributed by atoms with van der Waals surface area (Å²) in [6.07, 6.45) is -3.37. The molecule has 8 heteroatoms. The van der Waals surface area contributed by atoms with Crippen LogP contribution in [0.3, 0.4) is 0 Å². The van der Waals surface area contributed by atoms with E-state index in [-0.39, 0.29) is 17.2 Å². The Bertz CT molecular complexity index is 582. The van der Waals surface area contributed by atoms with Gasteiger partial charge in [-0.1, -0.05) is 11.5 Å². The van der Waals surface area contributed by atoms with Gasteiger partial charge in [-0.25, -0.2) is 9.97 Å². The van der Waals surface area contributed by atoms with E-state index in [9.17, 15) is 13.2 Å². The second-order valence-electron chi connectivity index (χ2n) is 3.76. The lowest BCUT2D eigenvalue weighted by Crippen LogP contribution is -2.18. The molecule has 2 heterocycles. The van der Waals surface area contributed by atoms with Gasteiger partial charge in [0.15, 0.2) is 0 Å². The fourth-order valence-corrected chi connectivity index (χ4v) is 1.44. The van der Waals surface area contributed by atoms with E-state index in [2.05, 4.69) is 15.3 Å². The number of pyridine rings is 2. The molecule has 92 valence electrons. The van der Waals surface area contributed by atoms with Gasteiger partial charge in [0.05, 0.1) is 5.56 Å². The molecule has 4 radical (unpaired) electrons. The summed E-state index contributed by atoms with van der Waals surface area (Å²) in [7, 11) is 11.0. The normalized spacial score (nSPS) is 11.3. The number of halogens is 3. The van der Waals surface area contributed by atoms with Crippen LogP contribution in [0.15, 0.2) is 30.5 Å². The molecule has 0 aliphatic carbocycles. The van der Waals surface area contributed by atoms with Crippen molar-refractivity contribution in [2.75, 3.05) is 5.32 Å². The number of anilines is 2. The van der Waals surface area contributed by atoms with Gasteiger partial charge in [-0.2, -0.15) is 13.2 Å². The monoisotopic (exact) mass is 259 g/mol. The zero-order chi connectivity index (χ0) is 14.0. The zero-order valence-corrected chi connectivity index (χ0v) is 9.57. The van der Waals surface area contributed by atoms with E-state index in [1.54, 1.807) is 0 Å². The average molecular weight is 259 g/mol. The van der Waals surface area contributed by atoms with Crippen molar-refractivity contribution in [2.45, 2.75) is 6.18 Å². The molecule has 2 aromatic rings. The minimum atomic E-state index is -4.43. The van der Waals surface area contributed by atoms with Gasteiger partial charge >= 0.3 is 6.18 Å². The van der Waals surface area contributed by atoms with Crippen molar-refractivity contribution in [1.29, 1.82) is 0 Å². The van der Waals surface area contributed by atoms with Crippen molar-refractivity contribution in [3.05, 3.63) is 36.0 Å². The molecule has 0 saturated carbocycles. The molecule has 0 bridgehead atoms. The SMILES string of the molecule is [B]c1cc([B])nc(Nc2cc(C(F)(F)F)ccn2)c1. The lowest BCUT2D eigenvalue weighted by molar-refractivity contribution is -0.137. The summed E-state index contributed by atoms with van der Waals surface area (Å²) in [5, 5.41) is 2.62. The fraction of sp³-hybridized carbons (Fsp3) is 0.0909. The highest BCUT2D eigenvalue weighted by Crippen LogP contribution is 2.30. The van der Waals surface area contributed by atoms with Gasteiger partial charge in [0.25, 0.3) is 0 Å². The Labute approximate surface area is 110 Å². The quantitative estimate of drug-likeness (QED) is 0.811. The molecular weight excluding hydrogens is 253 g/mol. The molecule has 0 aromatic carbocycles. The van der Waals surface area contributed by atoms with Crippen molar-refractivity contribution in [3.8, 4) is 0 Å². The summed E-state index contributed by atoms with van der Waals surface area (Å²) in [5.41, 5.74) is -0.293. The number of nitrogens with zero attached hydrogens (tertiary/aromatic N) is 2. The third kappa shape index (κ3) is 3.49. The second kappa shape index (κ2) is 4.95.